The second-order valence-electron chi connectivity index (χ2n) is 5.43. The molecule has 0 aliphatic carbocycles. The summed E-state index contributed by atoms with van der Waals surface area (Å²) >= 11 is 0. The first-order chi connectivity index (χ1) is 8.72. The van der Waals surface area contributed by atoms with Crippen molar-refractivity contribution in [3.05, 3.63) is 42.2 Å². The quantitative estimate of drug-likeness (QED) is 0.789. The summed E-state index contributed by atoms with van der Waals surface area (Å²) in [6.45, 7) is 5.48. The maximum Gasteiger partial charge on any atom is 0.0894 e. The average molecular weight is 243 g/mol. The number of anilines is 1. The standard InChI is InChI=1S/C15H21N3/c1-13-3-5-14(6-4-13)17-8-7-15(11-17)18-10-9-16(2)12-18/h3-6,9-10,15H,7-8,11-12H2,1-2H3. The fourth-order valence-electron chi connectivity index (χ4n) is 2.79. The molecule has 1 aromatic rings. The molecule has 1 fully saturated rings. The lowest BCUT2D eigenvalue weighted by molar-refractivity contribution is 0.243. The molecule has 2 aliphatic heterocycles. The summed E-state index contributed by atoms with van der Waals surface area (Å²) in [5, 5.41) is 0. The number of aryl methyl sites for hydroxylation is 1. The van der Waals surface area contributed by atoms with Gasteiger partial charge in [0.1, 0.15) is 0 Å². The van der Waals surface area contributed by atoms with Gasteiger partial charge in [-0.2, -0.15) is 0 Å². The van der Waals surface area contributed by atoms with Crippen molar-refractivity contribution in [2.75, 3.05) is 31.7 Å². The highest BCUT2D eigenvalue weighted by Gasteiger charge is 2.28. The van der Waals surface area contributed by atoms with Crippen LogP contribution < -0.4 is 4.90 Å². The normalized spacial score (nSPS) is 23.2. The van der Waals surface area contributed by atoms with Crippen molar-refractivity contribution in [3.63, 3.8) is 0 Å². The van der Waals surface area contributed by atoms with Gasteiger partial charge in [0.15, 0.2) is 0 Å². The number of rotatable bonds is 2. The molecule has 0 aromatic heterocycles. The Labute approximate surface area is 109 Å². The van der Waals surface area contributed by atoms with Crippen molar-refractivity contribution < 1.29 is 0 Å². The number of hydrogen-bond donors (Lipinski definition) is 0. The zero-order valence-electron chi connectivity index (χ0n) is 11.2. The average Bonchev–Trinajstić information content (AvgIpc) is 2.98. The highest BCUT2D eigenvalue weighted by Crippen LogP contribution is 2.24. The van der Waals surface area contributed by atoms with E-state index < -0.39 is 0 Å². The van der Waals surface area contributed by atoms with Gasteiger partial charge in [-0.3, -0.25) is 0 Å². The zero-order chi connectivity index (χ0) is 12.5. The highest BCUT2D eigenvalue weighted by molar-refractivity contribution is 5.48. The molecule has 1 unspecified atom stereocenters. The fraction of sp³-hybridized carbons (Fsp3) is 0.467. The second-order valence-corrected chi connectivity index (χ2v) is 5.43. The first kappa shape index (κ1) is 11.5. The van der Waals surface area contributed by atoms with E-state index in [1.165, 1.54) is 24.2 Å². The van der Waals surface area contributed by atoms with Gasteiger partial charge in [0.25, 0.3) is 0 Å². The third-order valence-electron chi connectivity index (χ3n) is 3.93. The van der Waals surface area contributed by atoms with E-state index in [4.69, 9.17) is 0 Å². The number of hydrogen-bond acceptors (Lipinski definition) is 3. The van der Waals surface area contributed by atoms with Crippen molar-refractivity contribution in [2.24, 2.45) is 0 Å². The molecule has 0 spiro atoms. The molecule has 0 radical (unpaired) electrons. The minimum absolute atomic E-state index is 0.660. The Kier molecular flexibility index (Phi) is 2.90. The van der Waals surface area contributed by atoms with E-state index in [2.05, 4.69) is 65.3 Å². The lowest BCUT2D eigenvalue weighted by Gasteiger charge is -2.26. The second kappa shape index (κ2) is 4.56. The molecule has 0 saturated carbocycles. The van der Waals surface area contributed by atoms with Gasteiger partial charge < -0.3 is 14.7 Å². The zero-order valence-corrected chi connectivity index (χ0v) is 11.2. The summed E-state index contributed by atoms with van der Waals surface area (Å²) in [5.41, 5.74) is 2.69. The van der Waals surface area contributed by atoms with Gasteiger partial charge in [-0.25, -0.2) is 0 Å². The van der Waals surface area contributed by atoms with E-state index in [0.717, 1.165) is 13.2 Å². The maximum atomic E-state index is 2.50. The minimum Gasteiger partial charge on any atom is -0.369 e. The van der Waals surface area contributed by atoms with Crippen LogP contribution in [0.5, 0.6) is 0 Å². The van der Waals surface area contributed by atoms with Crippen LogP contribution in [0.3, 0.4) is 0 Å². The van der Waals surface area contributed by atoms with E-state index >= 15 is 0 Å². The van der Waals surface area contributed by atoms with E-state index in [1.54, 1.807) is 0 Å². The smallest absolute Gasteiger partial charge is 0.0894 e. The highest BCUT2D eigenvalue weighted by atomic mass is 15.4. The predicted molar refractivity (Wildman–Crippen MR) is 75.4 cm³/mol. The van der Waals surface area contributed by atoms with Crippen LogP contribution in [-0.4, -0.2) is 42.6 Å². The van der Waals surface area contributed by atoms with Gasteiger partial charge in [-0.15, -0.1) is 0 Å². The summed E-state index contributed by atoms with van der Waals surface area (Å²) in [6.07, 6.45) is 5.64. The van der Waals surface area contributed by atoms with Crippen molar-refractivity contribution in [2.45, 2.75) is 19.4 Å². The van der Waals surface area contributed by atoms with Crippen LogP contribution in [-0.2, 0) is 0 Å². The van der Waals surface area contributed by atoms with Gasteiger partial charge >= 0.3 is 0 Å². The molecule has 2 aliphatic rings. The molecule has 3 heteroatoms. The molecule has 0 bridgehead atoms. The summed E-state index contributed by atoms with van der Waals surface area (Å²) in [5.74, 6) is 0. The summed E-state index contributed by atoms with van der Waals surface area (Å²) in [6, 6.07) is 9.54. The van der Waals surface area contributed by atoms with Crippen LogP contribution in [0.1, 0.15) is 12.0 Å². The molecule has 3 rings (SSSR count). The van der Waals surface area contributed by atoms with E-state index in [1.807, 2.05) is 0 Å². The van der Waals surface area contributed by atoms with Crippen molar-refractivity contribution in [1.29, 1.82) is 0 Å². The molecule has 0 N–H and O–H groups in total. The third-order valence-corrected chi connectivity index (χ3v) is 3.93. The van der Waals surface area contributed by atoms with Crippen LogP contribution in [0.2, 0.25) is 0 Å². The SMILES string of the molecule is Cc1ccc(N2CCC(N3C=CN(C)C3)C2)cc1. The van der Waals surface area contributed by atoms with Gasteiger partial charge in [0.2, 0.25) is 0 Å². The molecular weight excluding hydrogens is 222 g/mol. The van der Waals surface area contributed by atoms with Gasteiger partial charge in [-0.05, 0) is 25.5 Å². The van der Waals surface area contributed by atoms with Crippen LogP contribution in [0, 0.1) is 6.92 Å². The Hall–Kier alpha value is -1.64. The maximum absolute atomic E-state index is 2.50. The molecular formula is C15H21N3. The van der Waals surface area contributed by atoms with E-state index in [0.29, 0.717) is 6.04 Å². The van der Waals surface area contributed by atoms with Crippen LogP contribution in [0.15, 0.2) is 36.7 Å². The van der Waals surface area contributed by atoms with Crippen LogP contribution >= 0.6 is 0 Å². The molecule has 1 aromatic carbocycles. The largest absolute Gasteiger partial charge is 0.369 e. The monoisotopic (exact) mass is 243 g/mol. The minimum atomic E-state index is 0.660. The Morgan fingerprint density at radius 1 is 1.11 bits per heavy atom. The number of nitrogens with zero attached hydrogens (tertiary/aromatic N) is 3. The van der Waals surface area contributed by atoms with Gasteiger partial charge in [0, 0.05) is 44.3 Å². The molecule has 1 atom stereocenters. The van der Waals surface area contributed by atoms with Crippen molar-refractivity contribution in [3.8, 4) is 0 Å². The Bertz CT molecular complexity index is 438. The van der Waals surface area contributed by atoms with Crippen molar-refractivity contribution in [1.82, 2.24) is 9.80 Å². The lowest BCUT2D eigenvalue weighted by Crippen LogP contribution is -2.35. The van der Waals surface area contributed by atoms with Crippen molar-refractivity contribution >= 4 is 5.69 Å². The molecule has 0 amide bonds. The lowest BCUT2D eigenvalue weighted by atomic mass is 10.2. The third kappa shape index (κ3) is 2.17. The van der Waals surface area contributed by atoms with E-state index in [-0.39, 0.29) is 0 Å². The molecule has 3 nitrogen and oxygen atoms in total. The fourth-order valence-corrected chi connectivity index (χ4v) is 2.79. The molecule has 2 heterocycles. The predicted octanol–water partition coefficient (Wildman–Crippen LogP) is 2.25. The molecule has 96 valence electrons. The van der Waals surface area contributed by atoms with Gasteiger partial charge in [-0.1, -0.05) is 17.7 Å². The first-order valence-corrected chi connectivity index (χ1v) is 6.68. The summed E-state index contributed by atoms with van der Waals surface area (Å²) in [4.78, 5) is 7.18. The first-order valence-electron chi connectivity index (χ1n) is 6.68. The Balaban J connectivity index is 1.65. The Morgan fingerprint density at radius 2 is 1.89 bits per heavy atom. The van der Waals surface area contributed by atoms with E-state index in [9.17, 15) is 0 Å². The number of benzene rings is 1. The Morgan fingerprint density at radius 3 is 2.56 bits per heavy atom. The molecule has 18 heavy (non-hydrogen) atoms. The van der Waals surface area contributed by atoms with Crippen LogP contribution in [0.25, 0.3) is 0 Å². The molecule has 1 saturated heterocycles. The summed E-state index contributed by atoms with van der Waals surface area (Å²) in [7, 11) is 2.13. The van der Waals surface area contributed by atoms with Crippen LogP contribution in [0.4, 0.5) is 5.69 Å². The topological polar surface area (TPSA) is 9.72 Å². The summed E-state index contributed by atoms with van der Waals surface area (Å²) < 4.78 is 0. The van der Waals surface area contributed by atoms with Gasteiger partial charge in [0.05, 0.1) is 6.67 Å².